The van der Waals surface area contributed by atoms with E-state index in [1.165, 1.54) is 10.4 Å². The van der Waals surface area contributed by atoms with Crippen molar-refractivity contribution < 1.29 is 73.1 Å². The summed E-state index contributed by atoms with van der Waals surface area (Å²) >= 11 is 12.3. The van der Waals surface area contributed by atoms with Crippen molar-refractivity contribution in [1.29, 1.82) is 0 Å². The Morgan fingerprint density at radius 3 is 1.39 bits per heavy atom. The molecule has 0 radical (unpaired) electrons. The quantitative estimate of drug-likeness (QED) is 0.0277. The fourth-order valence-corrected chi connectivity index (χ4v) is 20.6. The van der Waals surface area contributed by atoms with Gasteiger partial charge in [0, 0.05) is 36.6 Å². The molecule has 3 saturated heterocycles. The Balaban J connectivity index is 0.000000129. The van der Waals surface area contributed by atoms with E-state index in [4.69, 9.17) is 72.6 Å². The van der Waals surface area contributed by atoms with Crippen LogP contribution in [0.4, 0.5) is 23.8 Å². The van der Waals surface area contributed by atoms with Crippen molar-refractivity contribution in [2.45, 2.75) is 185 Å². The summed E-state index contributed by atoms with van der Waals surface area (Å²) in [5.41, 5.74) is 15.4. The van der Waals surface area contributed by atoms with Crippen LogP contribution in [0.15, 0.2) is 166 Å². The van der Waals surface area contributed by atoms with Crippen LogP contribution in [0.3, 0.4) is 0 Å². The number of nitrogens with two attached hydrogens (primary N) is 2. The second-order valence-electron chi connectivity index (χ2n) is 32.3. The molecule has 10 aromatic rings. The fraction of sp³-hybridized carbons (Fsp3) is 0.432. The normalized spacial score (nSPS) is 24.5. The van der Waals surface area contributed by atoms with Gasteiger partial charge in [-0.25, -0.2) is 0 Å². The molecular formula is C81H98Cl2N16O17Si. The van der Waals surface area contributed by atoms with Crippen LogP contribution < -0.4 is 43.6 Å². The molecule has 2 amide bonds. The summed E-state index contributed by atoms with van der Waals surface area (Å²) in [4.78, 5) is 80.1. The number of aliphatic hydroxyl groups is 6. The molecule has 0 spiro atoms. The Bertz CT molecular complexity index is 5560. The second kappa shape index (κ2) is 33.6. The number of carbonyl (C=O) groups is 2. The van der Waals surface area contributed by atoms with Gasteiger partial charge in [0.05, 0.1) is 66.1 Å². The van der Waals surface area contributed by atoms with Gasteiger partial charge in [-0.1, -0.05) is 151 Å². The maximum atomic E-state index is 12.0. The standard InChI is InChI=1S/C25H32O4Si.C19H23ClN4O4.C15H18N4O4.C12H14N4O4.C10H11ClN4O/c1-24(2,3)30(19-12-8-6-9-13-19,20-14-10-7-11-15-20)27-17-18-16-21(26)23-22(18)28-25(4,5)29-23;1-9(2)17(26)23-18-21-15(20)11-5-6-24(16(11)22-18)12-7-10(8-25)13-14(12)28-19(3,4)27-13;1-15(2)22-10-7(6-20)5-9(11(10)23-15)19-4-3-8-12(19)17-14(16)18-13(8)21;13-12-14-10-6(11(20)15-12)1-2-16(10)7-3-5(4-17)8(18)9(7)19;1-5(2)9(16)15-10-13-7(11)6-3-4-12-8(6)14-10/h6-16,21-23,26H,17H2,1-5H3;5-7,9,12-14,25H,8H2,1-4H3,(H,21,22,23,26);3-5,9-11,20H,6H2,1-2H3,(H3,16,17,18,21);1-3,7-9,17-19H,4H2,(H3,13,14,15,20);3-5H,1-2H3,(H2,12,13,14,15,16)/t21-,22+,23?;12-,13+,14?;9-,10+,11?;7-,8+,9?;/m1111./s1. The highest BCUT2D eigenvalue weighted by Crippen LogP contribution is 2.47. The molecule has 622 valence electrons. The molecule has 4 aliphatic carbocycles. The first-order valence-corrected chi connectivity index (χ1v) is 40.9. The lowest BCUT2D eigenvalue weighted by Gasteiger charge is -2.43. The van der Waals surface area contributed by atoms with Crippen LogP contribution in [0.5, 0.6) is 0 Å². The number of nitrogens with one attached hydrogen (secondary N) is 5. The van der Waals surface area contributed by atoms with Gasteiger partial charge in [0.2, 0.25) is 35.6 Å². The predicted octanol–water partition coefficient (Wildman–Crippen LogP) is 7.06. The zero-order valence-corrected chi connectivity index (χ0v) is 69.2. The number of benzene rings is 2. The number of ether oxygens (including phenoxy) is 6. The number of H-pyrrole nitrogens is 3. The van der Waals surface area contributed by atoms with Crippen molar-refractivity contribution in [2.75, 3.05) is 48.5 Å². The number of carbonyl (C=O) groups excluding carboxylic acids is 2. The number of aromatic nitrogens is 12. The molecular weight excluding hydrogens is 1570 g/mol. The van der Waals surface area contributed by atoms with E-state index in [0.717, 1.165) is 22.1 Å². The van der Waals surface area contributed by atoms with Crippen LogP contribution in [-0.2, 0) is 42.4 Å². The van der Waals surface area contributed by atoms with Crippen molar-refractivity contribution >= 4 is 122 Å². The van der Waals surface area contributed by atoms with Gasteiger partial charge in [0.25, 0.3) is 19.4 Å². The molecule has 0 bridgehead atoms. The summed E-state index contributed by atoms with van der Waals surface area (Å²) in [5.74, 6) is -2.42. The Morgan fingerprint density at radius 2 is 0.949 bits per heavy atom. The average Bonchev–Trinajstić information content (AvgIpc) is 1.55. The van der Waals surface area contributed by atoms with Gasteiger partial charge in [-0.15, -0.1) is 0 Å². The number of nitrogens with zero attached hydrogens (tertiary/aromatic N) is 9. The number of fused-ring (bicyclic) bond motifs is 7. The summed E-state index contributed by atoms with van der Waals surface area (Å²) in [7, 11) is -2.64. The largest absolute Gasteiger partial charge is 0.403 e. The Morgan fingerprint density at radius 1 is 0.538 bits per heavy atom. The highest BCUT2D eigenvalue weighted by Gasteiger charge is 2.55. The van der Waals surface area contributed by atoms with Gasteiger partial charge >= 0.3 is 0 Å². The van der Waals surface area contributed by atoms with Crippen molar-refractivity contribution in [3.05, 3.63) is 187 Å². The van der Waals surface area contributed by atoms with Crippen molar-refractivity contribution in [1.82, 2.24) is 58.6 Å². The number of hydrogen-bond acceptors (Lipinski definition) is 25. The van der Waals surface area contributed by atoms with Crippen LogP contribution in [0, 0.1) is 11.8 Å². The van der Waals surface area contributed by atoms with Gasteiger partial charge in [-0.05, 0) is 110 Å². The first kappa shape index (κ1) is 85.2. The van der Waals surface area contributed by atoms with Gasteiger partial charge in [-0.3, -0.25) is 39.8 Å². The van der Waals surface area contributed by atoms with Crippen LogP contribution in [0.1, 0.15) is 108 Å². The third kappa shape index (κ3) is 17.3. The van der Waals surface area contributed by atoms with E-state index >= 15 is 0 Å². The van der Waals surface area contributed by atoms with Gasteiger partial charge in [0.1, 0.15) is 87.8 Å². The highest BCUT2D eigenvalue weighted by molar-refractivity contribution is 6.99. The molecule has 3 fully saturated rings. The van der Waals surface area contributed by atoms with Gasteiger partial charge < -0.3 is 93.6 Å². The first-order valence-electron chi connectivity index (χ1n) is 38.2. The average molecular weight is 1670 g/mol. The smallest absolute Gasteiger partial charge is 0.261 e. The molecule has 17 rings (SSSR count). The molecule has 36 heteroatoms. The molecule has 2 aromatic carbocycles. The number of rotatable bonds is 15. The summed E-state index contributed by atoms with van der Waals surface area (Å²) < 4.78 is 48.3. The molecule has 117 heavy (non-hydrogen) atoms. The predicted molar refractivity (Wildman–Crippen MR) is 442 cm³/mol. The van der Waals surface area contributed by atoms with Crippen LogP contribution in [-0.4, -0.2) is 208 Å². The number of amides is 2. The van der Waals surface area contributed by atoms with E-state index in [-0.39, 0.29) is 137 Å². The number of aromatic amines is 3. The SMILES string of the molecule is CC(C)C(=O)Nc1nc(Cl)c2cc[nH]c2n1.CC(C)C(=O)Nc1nc(Cl)c2ccn([C@@H]3C=C(CO)[C@@H]4OC(C)(C)OC34)c2n1.CC1(C)OC2[C@H](O)C=C(CO[Si](c3ccccc3)(c3ccccc3)C(C)(C)C)[C@@H]2O1.CC1(C)OC2[C@H](n3ccc4c(=O)[nH]c(N)nc43)C=C(CO)[C@@H]2O1.Nc1nc2c(ccn2[C@@H]2C=C(CO)[C@H](O)C2O)c(=O)[nH]1. The summed E-state index contributed by atoms with van der Waals surface area (Å²) in [6.07, 6.45) is 9.43. The van der Waals surface area contributed by atoms with Crippen LogP contribution >= 0.6 is 23.2 Å². The minimum atomic E-state index is -2.64. The van der Waals surface area contributed by atoms with Gasteiger partial charge in [0.15, 0.2) is 17.4 Å². The monoisotopic (exact) mass is 1660 g/mol. The Hall–Kier alpha value is -9.70. The lowest BCUT2D eigenvalue weighted by atomic mass is 10.1. The van der Waals surface area contributed by atoms with Gasteiger partial charge in [-0.2, -0.15) is 29.9 Å². The molecule has 33 nitrogen and oxygen atoms in total. The number of hydrogen-bond donors (Lipinski definition) is 13. The molecule has 15 N–H and O–H groups in total. The number of anilines is 4. The van der Waals surface area contributed by atoms with Crippen molar-refractivity contribution in [2.24, 2.45) is 11.8 Å². The molecule has 3 aliphatic heterocycles. The Labute approximate surface area is 682 Å². The number of aliphatic hydroxyl groups excluding tert-OH is 6. The van der Waals surface area contributed by atoms with Crippen LogP contribution in [0.25, 0.3) is 44.1 Å². The highest BCUT2D eigenvalue weighted by atomic mass is 35.5. The topological polar surface area (TPSA) is 470 Å². The molecule has 0 saturated carbocycles. The number of nitrogen functional groups attached to an aromatic ring is 2. The lowest BCUT2D eigenvalue weighted by Crippen LogP contribution is -2.66. The third-order valence-electron chi connectivity index (χ3n) is 21.1. The summed E-state index contributed by atoms with van der Waals surface area (Å²) in [6.45, 7) is 25.0. The zero-order chi connectivity index (χ0) is 84.3. The van der Waals surface area contributed by atoms with Crippen molar-refractivity contribution in [3.63, 3.8) is 0 Å². The number of halogens is 2. The van der Waals surface area contributed by atoms with E-state index in [9.17, 15) is 44.7 Å². The summed E-state index contributed by atoms with van der Waals surface area (Å²) in [5, 5.41) is 69.3. The molecule has 4 unspecified atom stereocenters. The molecule has 11 heterocycles. The maximum Gasteiger partial charge on any atom is 0.261 e. The third-order valence-corrected chi connectivity index (χ3v) is 26.6. The minimum Gasteiger partial charge on any atom is -0.403 e. The minimum absolute atomic E-state index is 0.0261. The van der Waals surface area contributed by atoms with Crippen LogP contribution in [0.2, 0.25) is 15.3 Å². The summed E-state index contributed by atoms with van der Waals surface area (Å²) in [6, 6.07) is 27.0. The zero-order valence-electron chi connectivity index (χ0n) is 66.7. The van der Waals surface area contributed by atoms with E-state index in [2.05, 4.69) is 125 Å². The lowest BCUT2D eigenvalue weighted by molar-refractivity contribution is -0.153. The second-order valence-corrected chi connectivity index (χ2v) is 37.4. The van der Waals surface area contributed by atoms with E-state index in [0.29, 0.717) is 56.1 Å². The molecule has 7 aliphatic rings. The van der Waals surface area contributed by atoms with E-state index in [1.54, 1.807) is 75.1 Å². The first-order chi connectivity index (χ1) is 55.3. The molecule has 12 atom stereocenters. The van der Waals surface area contributed by atoms with E-state index < -0.39 is 50.0 Å². The van der Waals surface area contributed by atoms with E-state index in [1.807, 2.05) is 93.3 Å². The van der Waals surface area contributed by atoms with Crippen molar-refractivity contribution in [3.8, 4) is 0 Å². The molecule has 8 aromatic heterocycles. The maximum absolute atomic E-state index is 12.0. The Kier molecular flexibility index (Phi) is 24.5. The fourth-order valence-electron chi connectivity index (χ4n) is 15.6.